The molecule has 4 heterocycles. The summed E-state index contributed by atoms with van der Waals surface area (Å²) >= 11 is 0. The summed E-state index contributed by atoms with van der Waals surface area (Å²) in [6.45, 7) is 9.37. The molecule has 0 spiro atoms. The molecule has 4 aromatic rings. The first kappa shape index (κ1) is 21.1. The van der Waals surface area contributed by atoms with Gasteiger partial charge in [0.25, 0.3) is 0 Å². The first-order valence-electron chi connectivity index (χ1n) is 11.2. The molecular weight excluding hydrogens is 410 g/mol. The number of aryl methyl sites for hydroxylation is 2. The Hall–Kier alpha value is -3.80. The summed E-state index contributed by atoms with van der Waals surface area (Å²) in [5, 5.41) is 0. The van der Waals surface area contributed by atoms with E-state index in [1.807, 2.05) is 43.5 Å². The molecule has 0 aliphatic carbocycles. The number of anilines is 1. The fraction of sp³-hybridized carbons (Fsp3) is 0.259. The molecule has 6 nitrogen and oxygen atoms in total. The average Bonchev–Trinajstić information content (AvgIpc) is 3.37. The van der Waals surface area contributed by atoms with Gasteiger partial charge in [0.2, 0.25) is 0 Å². The van der Waals surface area contributed by atoms with Gasteiger partial charge in [-0.2, -0.15) is 0 Å². The number of benzene rings is 1. The Morgan fingerprint density at radius 2 is 1.79 bits per heavy atom. The van der Waals surface area contributed by atoms with E-state index in [1.54, 1.807) is 0 Å². The molecule has 1 aromatic carbocycles. The first-order valence-corrected chi connectivity index (χ1v) is 11.2. The van der Waals surface area contributed by atoms with Crippen LogP contribution >= 0.6 is 0 Å². The number of ether oxygens (including phenoxy) is 1. The maximum atomic E-state index is 6.40. The molecule has 0 saturated heterocycles. The van der Waals surface area contributed by atoms with Crippen molar-refractivity contribution in [3.63, 3.8) is 0 Å². The molecule has 3 aromatic heterocycles. The zero-order valence-electron chi connectivity index (χ0n) is 19.8. The number of aromatic nitrogens is 3. The smallest absolute Gasteiger partial charge is 0.141 e. The van der Waals surface area contributed by atoms with E-state index in [9.17, 15) is 0 Å². The Bertz CT molecular complexity index is 1340. The van der Waals surface area contributed by atoms with E-state index in [0.29, 0.717) is 0 Å². The lowest BCUT2D eigenvalue weighted by atomic mass is 9.84. The summed E-state index contributed by atoms with van der Waals surface area (Å²) < 4.78 is 8.62. The highest BCUT2D eigenvalue weighted by Gasteiger charge is 2.29. The molecule has 0 atom stereocenters. The second-order valence-electron chi connectivity index (χ2n) is 9.16. The van der Waals surface area contributed by atoms with Crippen molar-refractivity contribution in [2.45, 2.75) is 33.1 Å². The van der Waals surface area contributed by atoms with Crippen molar-refractivity contribution < 1.29 is 4.74 Å². The van der Waals surface area contributed by atoms with Crippen molar-refractivity contribution in [3.05, 3.63) is 96.0 Å². The normalized spacial score (nSPS) is 13.8. The molecule has 1 aliphatic rings. The maximum Gasteiger partial charge on any atom is 0.141 e. The van der Waals surface area contributed by atoms with Gasteiger partial charge in [-0.15, -0.1) is 0 Å². The van der Waals surface area contributed by atoms with Crippen LogP contribution in [0.3, 0.4) is 0 Å². The minimum absolute atomic E-state index is 0.344. The highest BCUT2D eigenvalue weighted by atomic mass is 16.5. The van der Waals surface area contributed by atoms with Crippen molar-refractivity contribution in [3.8, 4) is 11.5 Å². The van der Waals surface area contributed by atoms with Gasteiger partial charge >= 0.3 is 0 Å². The molecule has 0 fully saturated rings. The van der Waals surface area contributed by atoms with Gasteiger partial charge in [0.15, 0.2) is 0 Å². The zero-order valence-corrected chi connectivity index (χ0v) is 19.8. The topological polar surface area (TPSA) is 45.9 Å². The maximum absolute atomic E-state index is 6.40. The SMILES string of the molecule is Cc1nc2cc(Oc3cccc(N4C=CN(C)C4)c3)cc(C(C)(C)c3ccccn3)n2c1C. The predicted octanol–water partition coefficient (Wildman–Crippen LogP) is 5.64. The quantitative estimate of drug-likeness (QED) is 0.402. The highest BCUT2D eigenvalue weighted by Crippen LogP contribution is 2.36. The van der Waals surface area contributed by atoms with Gasteiger partial charge in [-0.1, -0.05) is 12.1 Å². The van der Waals surface area contributed by atoms with Crippen LogP contribution in [0.5, 0.6) is 11.5 Å². The highest BCUT2D eigenvalue weighted by molar-refractivity contribution is 5.56. The summed E-state index contributed by atoms with van der Waals surface area (Å²) in [6, 6.07) is 18.4. The van der Waals surface area contributed by atoms with Gasteiger partial charge in [-0.05, 0) is 52.0 Å². The van der Waals surface area contributed by atoms with Crippen LogP contribution in [-0.2, 0) is 5.41 Å². The Morgan fingerprint density at radius 1 is 0.939 bits per heavy atom. The van der Waals surface area contributed by atoms with Crippen LogP contribution < -0.4 is 9.64 Å². The number of pyridine rings is 2. The van der Waals surface area contributed by atoms with Gasteiger partial charge in [0.1, 0.15) is 17.1 Å². The lowest BCUT2D eigenvalue weighted by Gasteiger charge is -2.27. The molecule has 33 heavy (non-hydrogen) atoms. The van der Waals surface area contributed by atoms with Gasteiger partial charge < -0.3 is 14.5 Å². The molecule has 0 saturated carbocycles. The first-order chi connectivity index (χ1) is 15.8. The van der Waals surface area contributed by atoms with Gasteiger partial charge in [-0.3, -0.25) is 9.38 Å². The van der Waals surface area contributed by atoms with Crippen LogP contribution in [0, 0.1) is 13.8 Å². The Kier molecular flexibility index (Phi) is 5.08. The largest absolute Gasteiger partial charge is 0.457 e. The van der Waals surface area contributed by atoms with E-state index in [0.717, 1.165) is 52.3 Å². The van der Waals surface area contributed by atoms with Crippen LogP contribution in [0.15, 0.2) is 73.2 Å². The van der Waals surface area contributed by atoms with Gasteiger partial charge in [0.05, 0.1) is 18.1 Å². The third-order valence-corrected chi connectivity index (χ3v) is 6.37. The molecule has 5 rings (SSSR count). The van der Waals surface area contributed by atoms with Gasteiger partial charge in [0, 0.05) is 66.3 Å². The van der Waals surface area contributed by atoms with Crippen LogP contribution in [-0.4, -0.2) is 33.0 Å². The van der Waals surface area contributed by atoms with E-state index >= 15 is 0 Å². The molecule has 0 amide bonds. The molecule has 0 radical (unpaired) electrons. The standard InChI is InChI=1S/C27H29N5O/c1-19-20(2)32-25(27(3,4)24-11-6-7-12-28-24)16-23(17-26(32)29-19)33-22-10-8-9-21(15-22)31-14-13-30(5)18-31/h6-17H,18H2,1-5H3. The second-order valence-corrected chi connectivity index (χ2v) is 9.16. The molecule has 6 heteroatoms. The lowest BCUT2D eigenvalue weighted by Crippen LogP contribution is -2.24. The molecular formula is C27H29N5O. The Balaban J connectivity index is 1.57. The minimum Gasteiger partial charge on any atom is -0.457 e. The van der Waals surface area contributed by atoms with Crippen molar-refractivity contribution in [1.29, 1.82) is 0 Å². The summed E-state index contributed by atoms with van der Waals surface area (Å²) in [7, 11) is 2.06. The summed E-state index contributed by atoms with van der Waals surface area (Å²) in [5.41, 5.74) is 5.86. The number of hydrogen-bond acceptors (Lipinski definition) is 5. The van der Waals surface area contributed by atoms with Crippen LogP contribution in [0.1, 0.15) is 36.6 Å². The van der Waals surface area contributed by atoms with Crippen molar-refractivity contribution in [2.75, 3.05) is 18.6 Å². The third kappa shape index (κ3) is 3.82. The third-order valence-electron chi connectivity index (χ3n) is 6.37. The summed E-state index contributed by atoms with van der Waals surface area (Å²) in [4.78, 5) is 13.8. The molecule has 0 unspecified atom stereocenters. The molecule has 1 aliphatic heterocycles. The van der Waals surface area contributed by atoms with E-state index in [4.69, 9.17) is 9.72 Å². The number of imidazole rings is 1. The Morgan fingerprint density at radius 3 is 2.52 bits per heavy atom. The zero-order chi connectivity index (χ0) is 23.2. The average molecular weight is 440 g/mol. The molecule has 0 N–H and O–H groups in total. The second kappa shape index (κ2) is 7.96. The van der Waals surface area contributed by atoms with Crippen molar-refractivity contribution >= 4 is 11.3 Å². The van der Waals surface area contributed by atoms with Crippen LogP contribution in [0.25, 0.3) is 5.65 Å². The van der Waals surface area contributed by atoms with Crippen molar-refractivity contribution in [2.24, 2.45) is 0 Å². The number of hydrogen-bond donors (Lipinski definition) is 0. The van der Waals surface area contributed by atoms with E-state index in [2.05, 4.69) is 83.7 Å². The fourth-order valence-electron chi connectivity index (χ4n) is 4.35. The fourth-order valence-corrected chi connectivity index (χ4v) is 4.35. The van der Waals surface area contributed by atoms with Crippen LogP contribution in [0.2, 0.25) is 0 Å². The monoisotopic (exact) mass is 439 g/mol. The van der Waals surface area contributed by atoms with E-state index in [-0.39, 0.29) is 5.41 Å². The van der Waals surface area contributed by atoms with Gasteiger partial charge in [-0.25, -0.2) is 4.98 Å². The Labute approximate surface area is 194 Å². The lowest BCUT2D eigenvalue weighted by molar-refractivity contribution is 0.475. The summed E-state index contributed by atoms with van der Waals surface area (Å²) in [5.74, 6) is 1.55. The molecule has 0 bridgehead atoms. The number of nitrogens with zero attached hydrogens (tertiary/aromatic N) is 5. The molecule has 168 valence electrons. The van der Waals surface area contributed by atoms with Crippen LogP contribution in [0.4, 0.5) is 5.69 Å². The summed E-state index contributed by atoms with van der Waals surface area (Å²) in [6.07, 6.45) is 5.99. The minimum atomic E-state index is -0.344. The number of fused-ring (bicyclic) bond motifs is 1. The van der Waals surface area contributed by atoms with E-state index in [1.165, 1.54) is 0 Å². The van der Waals surface area contributed by atoms with Crippen molar-refractivity contribution in [1.82, 2.24) is 19.3 Å². The number of rotatable bonds is 5. The predicted molar refractivity (Wildman–Crippen MR) is 132 cm³/mol. The van der Waals surface area contributed by atoms with E-state index < -0.39 is 0 Å².